The molecule has 0 aliphatic rings. The fourth-order valence-corrected chi connectivity index (χ4v) is 2.15. The maximum Gasteiger partial charge on any atom is 0.0604 e. The van der Waals surface area contributed by atoms with E-state index >= 15 is 0 Å². The van der Waals surface area contributed by atoms with Gasteiger partial charge < -0.3 is 5.32 Å². The lowest BCUT2D eigenvalue weighted by Gasteiger charge is -2.20. The molecule has 17 heavy (non-hydrogen) atoms. The predicted octanol–water partition coefficient (Wildman–Crippen LogP) is 3.73. The van der Waals surface area contributed by atoms with Gasteiger partial charge in [0.2, 0.25) is 0 Å². The molecule has 0 saturated heterocycles. The van der Waals surface area contributed by atoms with Crippen molar-refractivity contribution >= 4 is 0 Å². The lowest BCUT2D eigenvalue weighted by Crippen LogP contribution is -2.23. The van der Waals surface area contributed by atoms with Gasteiger partial charge in [-0.1, -0.05) is 33.8 Å². The molecule has 0 aromatic carbocycles. The Kier molecular flexibility index (Phi) is 6.20. The van der Waals surface area contributed by atoms with Crippen molar-refractivity contribution < 1.29 is 0 Å². The Hall–Kier alpha value is -0.890. The van der Waals surface area contributed by atoms with Crippen molar-refractivity contribution in [3.8, 4) is 0 Å². The Labute approximate surface area is 106 Å². The summed E-state index contributed by atoms with van der Waals surface area (Å²) in [5.41, 5.74) is 2.62. The van der Waals surface area contributed by atoms with Crippen LogP contribution in [0.2, 0.25) is 0 Å². The minimum Gasteiger partial charge on any atom is -0.309 e. The molecule has 1 aromatic heterocycles. The van der Waals surface area contributed by atoms with E-state index in [4.69, 9.17) is 0 Å². The third kappa shape index (κ3) is 4.47. The number of aryl methyl sites for hydroxylation is 1. The summed E-state index contributed by atoms with van der Waals surface area (Å²) in [4.78, 5) is 4.58. The first-order valence-electron chi connectivity index (χ1n) is 6.86. The first kappa shape index (κ1) is 14.2. The van der Waals surface area contributed by atoms with Crippen LogP contribution in [0, 0.1) is 5.92 Å². The zero-order valence-electron chi connectivity index (χ0n) is 11.7. The molecule has 0 aliphatic carbocycles. The standard InChI is InChI=1S/C15H26N2/c1-5-13-8-7-11-17-15(13)14(16-6-2)10-9-12(3)4/h7-8,11-12,14,16H,5-6,9-10H2,1-4H3. The highest BCUT2D eigenvalue weighted by atomic mass is 14.9. The van der Waals surface area contributed by atoms with Crippen LogP contribution < -0.4 is 5.32 Å². The topological polar surface area (TPSA) is 24.9 Å². The van der Waals surface area contributed by atoms with E-state index in [9.17, 15) is 0 Å². The van der Waals surface area contributed by atoms with E-state index in [-0.39, 0.29) is 0 Å². The summed E-state index contributed by atoms with van der Waals surface area (Å²) in [7, 11) is 0. The average molecular weight is 234 g/mol. The SMILES string of the molecule is CCNC(CCC(C)C)c1ncccc1CC. The van der Waals surface area contributed by atoms with Gasteiger partial charge >= 0.3 is 0 Å². The molecular weight excluding hydrogens is 208 g/mol. The van der Waals surface area contributed by atoms with Gasteiger partial charge in [-0.15, -0.1) is 0 Å². The molecule has 1 atom stereocenters. The van der Waals surface area contributed by atoms with E-state index < -0.39 is 0 Å². The lowest BCUT2D eigenvalue weighted by atomic mass is 9.97. The van der Waals surface area contributed by atoms with Crippen LogP contribution in [0.1, 0.15) is 57.8 Å². The van der Waals surface area contributed by atoms with Crippen molar-refractivity contribution in [3.05, 3.63) is 29.6 Å². The second kappa shape index (κ2) is 7.44. The van der Waals surface area contributed by atoms with Gasteiger partial charge in [-0.3, -0.25) is 4.98 Å². The van der Waals surface area contributed by atoms with Crippen LogP contribution in [0.4, 0.5) is 0 Å². The summed E-state index contributed by atoms with van der Waals surface area (Å²) >= 11 is 0. The summed E-state index contributed by atoms with van der Waals surface area (Å²) in [6, 6.07) is 4.65. The molecule has 1 aromatic rings. The Balaban J connectivity index is 2.80. The Morgan fingerprint density at radius 1 is 1.24 bits per heavy atom. The summed E-state index contributed by atoms with van der Waals surface area (Å²) in [6.45, 7) is 9.93. The summed E-state index contributed by atoms with van der Waals surface area (Å²) < 4.78 is 0. The Morgan fingerprint density at radius 3 is 2.59 bits per heavy atom. The fraction of sp³-hybridized carbons (Fsp3) is 0.667. The van der Waals surface area contributed by atoms with Crippen molar-refractivity contribution in [1.29, 1.82) is 0 Å². The second-order valence-corrected chi connectivity index (χ2v) is 4.98. The maximum absolute atomic E-state index is 4.58. The number of nitrogens with zero attached hydrogens (tertiary/aromatic N) is 1. The number of hydrogen-bond acceptors (Lipinski definition) is 2. The molecule has 0 radical (unpaired) electrons. The van der Waals surface area contributed by atoms with Gasteiger partial charge in [0.15, 0.2) is 0 Å². The molecule has 2 heteroatoms. The zero-order valence-corrected chi connectivity index (χ0v) is 11.7. The van der Waals surface area contributed by atoms with Gasteiger partial charge in [-0.05, 0) is 43.4 Å². The molecule has 0 aliphatic heterocycles. The van der Waals surface area contributed by atoms with E-state index in [0.29, 0.717) is 6.04 Å². The molecule has 1 N–H and O–H groups in total. The number of hydrogen-bond donors (Lipinski definition) is 1. The molecule has 0 fully saturated rings. The van der Waals surface area contributed by atoms with Gasteiger partial charge in [0, 0.05) is 12.2 Å². The Bertz CT molecular complexity index is 320. The molecule has 96 valence electrons. The summed E-state index contributed by atoms with van der Waals surface area (Å²) in [6.07, 6.45) is 5.40. The van der Waals surface area contributed by atoms with Crippen molar-refractivity contribution in [2.24, 2.45) is 5.92 Å². The van der Waals surface area contributed by atoms with Gasteiger partial charge in [-0.2, -0.15) is 0 Å². The van der Waals surface area contributed by atoms with Crippen molar-refractivity contribution in [2.75, 3.05) is 6.54 Å². The number of rotatable bonds is 7. The smallest absolute Gasteiger partial charge is 0.0604 e. The highest BCUT2D eigenvalue weighted by molar-refractivity contribution is 5.22. The van der Waals surface area contributed by atoms with Crippen LogP contribution in [0.5, 0.6) is 0 Å². The van der Waals surface area contributed by atoms with E-state index in [1.807, 2.05) is 12.3 Å². The first-order valence-corrected chi connectivity index (χ1v) is 6.86. The molecular formula is C15H26N2. The predicted molar refractivity (Wildman–Crippen MR) is 74.1 cm³/mol. The van der Waals surface area contributed by atoms with E-state index in [0.717, 1.165) is 18.9 Å². The minimum atomic E-state index is 0.415. The van der Waals surface area contributed by atoms with Gasteiger partial charge in [0.25, 0.3) is 0 Å². The molecule has 1 heterocycles. The molecule has 0 bridgehead atoms. The average Bonchev–Trinajstić information content (AvgIpc) is 2.34. The van der Waals surface area contributed by atoms with Crippen LogP contribution in [0.3, 0.4) is 0 Å². The van der Waals surface area contributed by atoms with Crippen LogP contribution >= 0.6 is 0 Å². The van der Waals surface area contributed by atoms with Crippen LogP contribution in [-0.2, 0) is 6.42 Å². The molecule has 0 amide bonds. The van der Waals surface area contributed by atoms with Gasteiger partial charge in [-0.25, -0.2) is 0 Å². The molecule has 0 spiro atoms. The normalized spacial score (nSPS) is 13.0. The van der Waals surface area contributed by atoms with Crippen molar-refractivity contribution in [1.82, 2.24) is 10.3 Å². The second-order valence-electron chi connectivity index (χ2n) is 4.98. The largest absolute Gasteiger partial charge is 0.309 e. The molecule has 1 rings (SSSR count). The number of nitrogens with one attached hydrogen (secondary N) is 1. The number of pyridine rings is 1. The molecule has 0 saturated carbocycles. The highest BCUT2D eigenvalue weighted by Crippen LogP contribution is 2.22. The summed E-state index contributed by atoms with van der Waals surface area (Å²) in [5.74, 6) is 0.755. The lowest BCUT2D eigenvalue weighted by molar-refractivity contribution is 0.439. The summed E-state index contributed by atoms with van der Waals surface area (Å²) in [5, 5.41) is 3.57. The molecule has 1 unspecified atom stereocenters. The minimum absolute atomic E-state index is 0.415. The van der Waals surface area contributed by atoms with Crippen molar-refractivity contribution in [3.63, 3.8) is 0 Å². The zero-order chi connectivity index (χ0) is 12.7. The van der Waals surface area contributed by atoms with Crippen LogP contribution in [0.25, 0.3) is 0 Å². The third-order valence-corrected chi connectivity index (χ3v) is 3.12. The fourth-order valence-electron chi connectivity index (χ4n) is 2.15. The number of aromatic nitrogens is 1. The van der Waals surface area contributed by atoms with Crippen LogP contribution in [0.15, 0.2) is 18.3 Å². The highest BCUT2D eigenvalue weighted by Gasteiger charge is 2.15. The van der Waals surface area contributed by atoms with Crippen LogP contribution in [-0.4, -0.2) is 11.5 Å². The maximum atomic E-state index is 4.58. The van der Waals surface area contributed by atoms with Gasteiger partial charge in [0.05, 0.1) is 5.69 Å². The van der Waals surface area contributed by atoms with E-state index in [2.05, 4.69) is 44.1 Å². The van der Waals surface area contributed by atoms with Gasteiger partial charge in [0.1, 0.15) is 0 Å². The third-order valence-electron chi connectivity index (χ3n) is 3.12. The first-order chi connectivity index (χ1) is 8.19. The molecule has 2 nitrogen and oxygen atoms in total. The van der Waals surface area contributed by atoms with Crippen molar-refractivity contribution in [2.45, 2.75) is 53.0 Å². The quantitative estimate of drug-likeness (QED) is 0.777. The Morgan fingerprint density at radius 2 is 2.00 bits per heavy atom. The van der Waals surface area contributed by atoms with E-state index in [1.54, 1.807) is 0 Å². The monoisotopic (exact) mass is 234 g/mol. The van der Waals surface area contributed by atoms with E-state index in [1.165, 1.54) is 24.1 Å².